The van der Waals surface area contributed by atoms with Gasteiger partial charge >= 0.3 is 5.97 Å². The van der Waals surface area contributed by atoms with Crippen molar-refractivity contribution >= 4 is 27.8 Å². The summed E-state index contributed by atoms with van der Waals surface area (Å²) in [6.45, 7) is 2.53. The van der Waals surface area contributed by atoms with Gasteiger partial charge in [0.2, 0.25) is 0 Å². The highest BCUT2D eigenvalue weighted by Gasteiger charge is 2.27. The summed E-state index contributed by atoms with van der Waals surface area (Å²) < 4.78 is 53.8. The van der Waals surface area contributed by atoms with Gasteiger partial charge in [0.1, 0.15) is 17.2 Å². The molecule has 180 valence electrons. The summed E-state index contributed by atoms with van der Waals surface area (Å²) in [5.41, 5.74) is -1.26. The molecule has 10 nitrogen and oxygen atoms in total. The molecule has 0 atom stereocenters. The minimum absolute atomic E-state index is 0.0627. The van der Waals surface area contributed by atoms with E-state index in [-0.39, 0.29) is 17.2 Å². The van der Waals surface area contributed by atoms with E-state index in [1.165, 1.54) is 66.6 Å². The summed E-state index contributed by atoms with van der Waals surface area (Å²) in [5, 5.41) is 10.7. The van der Waals surface area contributed by atoms with Crippen LogP contribution in [0.1, 0.15) is 19.4 Å². The van der Waals surface area contributed by atoms with E-state index in [9.17, 15) is 18.3 Å². The maximum absolute atomic E-state index is 12.7. The van der Waals surface area contributed by atoms with Gasteiger partial charge in [0.25, 0.3) is 10.0 Å². The number of hydrogen-bond acceptors (Lipinski definition) is 9. The van der Waals surface area contributed by atoms with Gasteiger partial charge in [0.05, 0.1) is 45.1 Å². The Morgan fingerprint density at radius 2 is 1.48 bits per heavy atom. The molecule has 0 unspecified atom stereocenters. The van der Waals surface area contributed by atoms with Crippen LogP contribution in [-0.4, -0.2) is 53.5 Å². The largest absolute Gasteiger partial charge is 0.496 e. The number of ether oxygens (including phenoxy) is 5. The van der Waals surface area contributed by atoms with Crippen LogP contribution in [-0.2, 0) is 14.8 Å². The van der Waals surface area contributed by atoms with Gasteiger partial charge in [-0.15, -0.1) is 0 Å². The van der Waals surface area contributed by atoms with Crippen LogP contribution in [0.25, 0.3) is 6.08 Å². The Bertz CT molecular complexity index is 1110. The van der Waals surface area contributed by atoms with Gasteiger partial charge in [-0.2, -0.15) is 0 Å². The highest BCUT2D eigenvalue weighted by Crippen LogP contribution is 2.35. The van der Waals surface area contributed by atoms with E-state index in [0.717, 1.165) is 5.41 Å². The number of esters is 1. The molecule has 0 radical (unpaired) electrons. The third-order valence-corrected chi connectivity index (χ3v) is 5.31. The Balaban J connectivity index is 2.34. The van der Waals surface area contributed by atoms with Crippen LogP contribution in [0.15, 0.2) is 35.7 Å². The first kappa shape index (κ1) is 25.8. The molecule has 2 aromatic rings. The number of rotatable bonds is 10. The molecule has 0 fully saturated rings. The number of nitrogens with one attached hydrogen (secondary N) is 1. The van der Waals surface area contributed by atoms with E-state index in [1.54, 1.807) is 12.1 Å². The third kappa shape index (κ3) is 6.77. The Morgan fingerprint density at radius 1 is 0.909 bits per heavy atom. The van der Waals surface area contributed by atoms with E-state index in [2.05, 4.69) is 4.72 Å². The van der Waals surface area contributed by atoms with E-state index in [0.29, 0.717) is 22.8 Å². The molecule has 2 N–H and O–H groups in total. The number of carbonyl (C=O) groups excluding carboxylic acids is 1. The molecule has 0 aromatic heterocycles. The lowest BCUT2D eigenvalue weighted by Gasteiger charge is -2.17. The Morgan fingerprint density at radius 3 is 1.97 bits per heavy atom. The fourth-order valence-electron chi connectivity index (χ4n) is 2.60. The van der Waals surface area contributed by atoms with Gasteiger partial charge in [-0.1, -0.05) is 0 Å². The maximum Gasteiger partial charge on any atom is 0.343 e. The van der Waals surface area contributed by atoms with Crippen molar-refractivity contribution in [3.63, 3.8) is 0 Å². The molecule has 0 saturated carbocycles. The number of sulfonamides is 1. The fraction of sp³-hybridized carbons (Fsp3) is 0.318. The lowest BCUT2D eigenvalue weighted by Crippen LogP contribution is -2.35. The van der Waals surface area contributed by atoms with Gasteiger partial charge in [-0.05, 0) is 32.1 Å². The summed E-state index contributed by atoms with van der Waals surface area (Å²) in [7, 11) is 1.72. The quantitative estimate of drug-likeness (QED) is 0.389. The summed E-state index contributed by atoms with van der Waals surface area (Å²) in [4.78, 5) is 12.0. The lowest BCUT2D eigenvalue weighted by molar-refractivity contribution is -0.151. The number of anilines is 1. The molecule has 33 heavy (non-hydrogen) atoms. The molecule has 0 spiro atoms. The third-order valence-electron chi connectivity index (χ3n) is 4.29. The van der Waals surface area contributed by atoms with E-state index >= 15 is 0 Å². The van der Waals surface area contributed by atoms with Crippen LogP contribution in [0.5, 0.6) is 28.7 Å². The van der Waals surface area contributed by atoms with Crippen molar-refractivity contribution in [2.24, 2.45) is 0 Å². The van der Waals surface area contributed by atoms with Gasteiger partial charge in [-0.25, -0.2) is 13.2 Å². The Hall–Kier alpha value is -3.44. The number of carbonyl (C=O) groups is 1. The zero-order valence-electron chi connectivity index (χ0n) is 19.2. The second-order valence-electron chi connectivity index (χ2n) is 7.21. The zero-order valence-corrected chi connectivity index (χ0v) is 20.0. The van der Waals surface area contributed by atoms with Crippen molar-refractivity contribution in [3.05, 3.63) is 41.3 Å². The molecule has 0 aliphatic rings. The van der Waals surface area contributed by atoms with Crippen LogP contribution in [0.2, 0.25) is 0 Å². The first-order valence-corrected chi connectivity index (χ1v) is 11.1. The summed E-state index contributed by atoms with van der Waals surface area (Å²) >= 11 is 0. The predicted molar refractivity (Wildman–Crippen MR) is 123 cm³/mol. The normalized spacial score (nSPS) is 11.7. The summed E-state index contributed by atoms with van der Waals surface area (Å²) in [6.07, 6.45) is 1.32. The second-order valence-corrected chi connectivity index (χ2v) is 8.78. The van der Waals surface area contributed by atoms with E-state index in [1.807, 2.05) is 0 Å². The van der Waals surface area contributed by atoms with Crippen molar-refractivity contribution in [3.8, 4) is 28.7 Å². The SMILES string of the molecule is COc1cc(OC)c(/C=C/S(=O)(=O)Nc2ccc(OC)c(OC(=O)C(C)(C)O)c2)c(OC)c1. The zero-order chi connectivity index (χ0) is 24.8. The van der Waals surface area contributed by atoms with Crippen LogP contribution >= 0.6 is 0 Å². The van der Waals surface area contributed by atoms with Crippen LogP contribution in [0, 0.1) is 0 Å². The van der Waals surface area contributed by atoms with Crippen LogP contribution in [0.4, 0.5) is 5.69 Å². The first-order chi connectivity index (χ1) is 15.4. The van der Waals surface area contributed by atoms with Crippen LogP contribution < -0.4 is 28.4 Å². The van der Waals surface area contributed by atoms with Crippen molar-refractivity contribution < 1.29 is 42.0 Å². The van der Waals surface area contributed by atoms with Crippen molar-refractivity contribution in [1.82, 2.24) is 0 Å². The lowest BCUT2D eigenvalue weighted by atomic mass is 10.1. The molecule has 0 aliphatic carbocycles. The summed E-state index contributed by atoms with van der Waals surface area (Å²) in [6, 6.07) is 7.30. The van der Waals surface area contributed by atoms with Gasteiger partial charge in [0, 0.05) is 18.2 Å². The standard InChI is InChI=1S/C22H27NO9S/c1-22(2,25)21(24)32-20-11-14(7-8-17(20)29-4)23-33(26,27)10-9-16-18(30-5)12-15(28-3)13-19(16)31-6/h7-13,23,25H,1-6H3/b10-9+. The average Bonchev–Trinajstić information content (AvgIpc) is 2.76. The number of hydrogen-bond donors (Lipinski definition) is 2. The molecule has 0 aliphatic heterocycles. The molecule has 0 bridgehead atoms. The van der Waals surface area contributed by atoms with Crippen LogP contribution in [0.3, 0.4) is 0 Å². The first-order valence-electron chi connectivity index (χ1n) is 9.57. The highest BCUT2D eigenvalue weighted by molar-refractivity contribution is 7.95. The minimum Gasteiger partial charge on any atom is -0.496 e. The number of benzene rings is 2. The van der Waals surface area contributed by atoms with Crippen molar-refractivity contribution in [2.75, 3.05) is 33.2 Å². The van der Waals surface area contributed by atoms with Gasteiger partial charge in [-0.3, -0.25) is 4.72 Å². The van der Waals surface area contributed by atoms with Gasteiger partial charge < -0.3 is 28.8 Å². The number of aliphatic hydroxyl groups is 1. The smallest absolute Gasteiger partial charge is 0.343 e. The molecule has 11 heteroatoms. The maximum atomic E-state index is 12.7. The number of methoxy groups -OCH3 is 4. The average molecular weight is 482 g/mol. The van der Waals surface area contributed by atoms with Gasteiger partial charge in [0.15, 0.2) is 17.1 Å². The molecule has 0 amide bonds. The topological polar surface area (TPSA) is 130 Å². The molecular formula is C22H27NO9S. The highest BCUT2D eigenvalue weighted by atomic mass is 32.2. The molecular weight excluding hydrogens is 454 g/mol. The van der Waals surface area contributed by atoms with Crippen molar-refractivity contribution in [1.29, 1.82) is 0 Å². The second kappa shape index (κ2) is 10.5. The Labute approximate surface area is 192 Å². The minimum atomic E-state index is -4.00. The fourth-order valence-corrected chi connectivity index (χ4v) is 3.44. The Kier molecular flexibility index (Phi) is 8.18. The summed E-state index contributed by atoms with van der Waals surface area (Å²) in [5.74, 6) is 0.365. The molecule has 0 saturated heterocycles. The molecule has 2 aromatic carbocycles. The monoisotopic (exact) mass is 481 g/mol. The van der Waals surface area contributed by atoms with E-state index < -0.39 is 21.6 Å². The predicted octanol–water partition coefficient (Wildman–Crippen LogP) is 2.81. The van der Waals surface area contributed by atoms with E-state index in [4.69, 9.17) is 23.7 Å². The molecule has 2 rings (SSSR count). The van der Waals surface area contributed by atoms with Crippen molar-refractivity contribution in [2.45, 2.75) is 19.4 Å². The molecule has 0 heterocycles.